The highest BCUT2D eigenvalue weighted by atomic mass is 35.5. The fraction of sp³-hybridized carbons (Fsp3) is 0.500. The summed E-state index contributed by atoms with van der Waals surface area (Å²) in [6.45, 7) is 1.17. The zero-order chi connectivity index (χ0) is 12.8. The van der Waals surface area contributed by atoms with Crippen LogP contribution in [0.15, 0.2) is 30.3 Å². The Bertz CT molecular complexity index is 380. The summed E-state index contributed by atoms with van der Waals surface area (Å²) in [5.74, 6) is -0.00955. The van der Waals surface area contributed by atoms with Crippen LogP contribution in [0.25, 0.3) is 0 Å². The van der Waals surface area contributed by atoms with E-state index >= 15 is 0 Å². The van der Waals surface area contributed by atoms with Crippen molar-refractivity contribution in [2.45, 2.75) is 31.4 Å². The first-order chi connectivity index (χ1) is 8.77. The number of aliphatic hydroxyl groups is 1. The number of nitrogens with one attached hydrogen (secondary N) is 2. The molecule has 0 aromatic heterocycles. The fourth-order valence-electron chi connectivity index (χ4n) is 2.19. The second-order valence-corrected chi connectivity index (χ2v) is 4.67. The molecule has 4 nitrogen and oxygen atoms in total. The number of benzene rings is 1. The molecule has 1 saturated heterocycles. The molecule has 1 fully saturated rings. The average molecular weight is 285 g/mol. The van der Waals surface area contributed by atoms with Crippen molar-refractivity contribution in [1.29, 1.82) is 0 Å². The van der Waals surface area contributed by atoms with E-state index in [1.54, 1.807) is 0 Å². The Labute approximate surface area is 120 Å². The summed E-state index contributed by atoms with van der Waals surface area (Å²) in [5, 5.41) is 15.9. The van der Waals surface area contributed by atoms with Gasteiger partial charge in [-0.15, -0.1) is 12.4 Å². The van der Waals surface area contributed by atoms with Gasteiger partial charge in [0.05, 0.1) is 12.1 Å². The first-order valence-electron chi connectivity index (χ1n) is 6.51. The molecule has 2 rings (SSSR count). The molecule has 106 valence electrons. The van der Waals surface area contributed by atoms with Gasteiger partial charge in [-0.05, 0) is 24.9 Å². The minimum Gasteiger partial charge on any atom is -0.387 e. The number of halogens is 1. The molecule has 1 aliphatic heterocycles. The molecular weight excluding hydrogens is 264 g/mol. The average Bonchev–Trinajstić information content (AvgIpc) is 2.46. The quantitative estimate of drug-likeness (QED) is 0.783. The third-order valence-corrected chi connectivity index (χ3v) is 3.28. The third-order valence-electron chi connectivity index (χ3n) is 3.28. The van der Waals surface area contributed by atoms with E-state index in [-0.39, 0.29) is 30.9 Å². The first kappa shape index (κ1) is 16.0. The van der Waals surface area contributed by atoms with Gasteiger partial charge in [0.1, 0.15) is 0 Å². The van der Waals surface area contributed by atoms with E-state index < -0.39 is 6.10 Å². The molecule has 1 aromatic rings. The van der Waals surface area contributed by atoms with Crippen molar-refractivity contribution in [2.75, 3.05) is 13.1 Å². The van der Waals surface area contributed by atoms with Crippen LogP contribution >= 0.6 is 12.4 Å². The van der Waals surface area contributed by atoms with E-state index in [1.165, 1.54) is 0 Å². The first-order valence-corrected chi connectivity index (χ1v) is 6.51. The van der Waals surface area contributed by atoms with Gasteiger partial charge in [0, 0.05) is 6.54 Å². The van der Waals surface area contributed by atoms with Crippen LogP contribution in [-0.4, -0.2) is 30.1 Å². The Morgan fingerprint density at radius 3 is 2.74 bits per heavy atom. The van der Waals surface area contributed by atoms with Crippen LogP contribution < -0.4 is 10.6 Å². The van der Waals surface area contributed by atoms with Crippen LogP contribution in [0.5, 0.6) is 0 Å². The molecule has 2 atom stereocenters. The number of amides is 1. The summed E-state index contributed by atoms with van der Waals surface area (Å²) < 4.78 is 0. The zero-order valence-corrected chi connectivity index (χ0v) is 11.7. The Hall–Kier alpha value is -1.10. The van der Waals surface area contributed by atoms with Crippen molar-refractivity contribution in [1.82, 2.24) is 10.6 Å². The highest BCUT2D eigenvalue weighted by Gasteiger charge is 2.20. The number of aliphatic hydroxyl groups excluding tert-OH is 1. The molecule has 0 saturated carbocycles. The Kier molecular flexibility index (Phi) is 6.84. The van der Waals surface area contributed by atoms with Gasteiger partial charge in [0.25, 0.3) is 0 Å². The monoisotopic (exact) mass is 284 g/mol. The van der Waals surface area contributed by atoms with Crippen LogP contribution in [0.4, 0.5) is 0 Å². The Morgan fingerprint density at radius 2 is 2.11 bits per heavy atom. The van der Waals surface area contributed by atoms with Gasteiger partial charge in [-0.3, -0.25) is 4.79 Å². The molecule has 0 bridgehead atoms. The highest BCUT2D eigenvalue weighted by Crippen LogP contribution is 2.11. The van der Waals surface area contributed by atoms with E-state index in [9.17, 15) is 9.90 Å². The lowest BCUT2D eigenvalue weighted by molar-refractivity contribution is -0.124. The number of hydrogen-bond acceptors (Lipinski definition) is 3. The molecule has 1 aliphatic rings. The van der Waals surface area contributed by atoms with E-state index in [1.807, 2.05) is 30.3 Å². The smallest absolute Gasteiger partial charge is 0.237 e. The van der Waals surface area contributed by atoms with Crippen molar-refractivity contribution in [2.24, 2.45) is 0 Å². The molecular formula is C14H21ClN2O2. The predicted octanol–water partition coefficient (Wildman–Crippen LogP) is 1.40. The van der Waals surface area contributed by atoms with E-state index in [0.717, 1.165) is 31.4 Å². The maximum absolute atomic E-state index is 11.8. The molecule has 1 aromatic carbocycles. The van der Waals surface area contributed by atoms with Gasteiger partial charge in [0.15, 0.2) is 0 Å². The molecule has 1 amide bonds. The van der Waals surface area contributed by atoms with Gasteiger partial charge in [0.2, 0.25) is 5.91 Å². The van der Waals surface area contributed by atoms with Crippen molar-refractivity contribution in [3.05, 3.63) is 35.9 Å². The number of hydrogen-bond donors (Lipinski definition) is 3. The van der Waals surface area contributed by atoms with E-state index in [0.29, 0.717) is 0 Å². The van der Waals surface area contributed by atoms with Crippen molar-refractivity contribution in [3.63, 3.8) is 0 Å². The summed E-state index contributed by atoms with van der Waals surface area (Å²) in [6, 6.07) is 9.28. The van der Waals surface area contributed by atoms with Gasteiger partial charge < -0.3 is 15.7 Å². The minimum absolute atomic E-state index is 0. The highest BCUT2D eigenvalue weighted by molar-refractivity contribution is 5.85. The second-order valence-electron chi connectivity index (χ2n) is 4.67. The number of carbonyl (C=O) groups is 1. The van der Waals surface area contributed by atoms with Crippen LogP contribution in [0.3, 0.4) is 0 Å². The maximum Gasteiger partial charge on any atom is 0.237 e. The molecule has 0 spiro atoms. The van der Waals surface area contributed by atoms with Crippen LogP contribution in [-0.2, 0) is 4.79 Å². The normalized spacial score (nSPS) is 20.2. The summed E-state index contributed by atoms with van der Waals surface area (Å²) in [7, 11) is 0. The van der Waals surface area contributed by atoms with Gasteiger partial charge in [-0.2, -0.15) is 0 Å². The molecule has 3 N–H and O–H groups in total. The van der Waals surface area contributed by atoms with Crippen LogP contribution in [0.1, 0.15) is 30.9 Å². The summed E-state index contributed by atoms with van der Waals surface area (Å²) in [6.07, 6.45) is 2.47. The SMILES string of the molecule is Cl.O=C(NCC(O)c1ccccc1)[C@H]1CCCCN1. The largest absolute Gasteiger partial charge is 0.387 e. The molecule has 19 heavy (non-hydrogen) atoms. The van der Waals surface area contributed by atoms with Crippen LogP contribution in [0, 0.1) is 0 Å². The standard InChI is InChI=1S/C14H20N2O2.ClH/c17-13(11-6-2-1-3-7-11)10-16-14(18)12-8-4-5-9-15-12;/h1-3,6-7,12-13,15,17H,4-5,8-10H2,(H,16,18);1H/t12-,13?;/m1./s1. The number of carbonyl (C=O) groups excluding carboxylic acids is 1. The molecule has 0 radical (unpaired) electrons. The van der Waals surface area contributed by atoms with Gasteiger partial charge in [-0.1, -0.05) is 36.8 Å². The predicted molar refractivity (Wildman–Crippen MR) is 77.3 cm³/mol. The van der Waals surface area contributed by atoms with E-state index in [2.05, 4.69) is 10.6 Å². The summed E-state index contributed by atoms with van der Waals surface area (Å²) >= 11 is 0. The molecule has 0 aliphatic carbocycles. The van der Waals surface area contributed by atoms with Gasteiger partial charge in [-0.25, -0.2) is 0 Å². The topological polar surface area (TPSA) is 61.4 Å². The summed E-state index contributed by atoms with van der Waals surface area (Å²) in [5.41, 5.74) is 0.828. The second kappa shape index (κ2) is 8.15. The molecule has 5 heteroatoms. The van der Waals surface area contributed by atoms with Crippen molar-refractivity contribution < 1.29 is 9.90 Å². The fourth-order valence-corrected chi connectivity index (χ4v) is 2.19. The molecule has 1 unspecified atom stereocenters. The van der Waals surface area contributed by atoms with Crippen LogP contribution in [0.2, 0.25) is 0 Å². The lowest BCUT2D eigenvalue weighted by Crippen LogP contribution is -2.47. The molecule has 1 heterocycles. The van der Waals surface area contributed by atoms with Gasteiger partial charge >= 0.3 is 0 Å². The Morgan fingerprint density at radius 1 is 1.37 bits per heavy atom. The number of piperidine rings is 1. The minimum atomic E-state index is -0.640. The lowest BCUT2D eigenvalue weighted by atomic mass is 10.0. The van der Waals surface area contributed by atoms with Crippen molar-refractivity contribution >= 4 is 18.3 Å². The number of rotatable bonds is 4. The maximum atomic E-state index is 11.8. The van der Waals surface area contributed by atoms with E-state index in [4.69, 9.17) is 0 Å². The summed E-state index contributed by atoms with van der Waals surface area (Å²) in [4.78, 5) is 11.8. The third kappa shape index (κ3) is 4.82. The zero-order valence-electron chi connectivity index (χ0n) is 10.8. The van der Waals surface area contributed by atoms with Crippen molar-refractivity contribution in [3.8, 4) is 0 Å². The lowest BCUT2D eigenvalue weighted by Gasteiger charge is -2.23. The Balaban J connectivity index is 0.00000180.